The van der Waals surface area contributed by atoms with Crippen molar-refractivity contribution < 1.29 is 9.59 Å². The van der Waals surface area contributed by atoms with Crippen LogP contribution in [0.4, 0.5) is 11.9 Å². The molecule has 1 saturated carbocycles. The maximum atomic E-state index is 12.8. The van der Waals surface area contributed by atoms with E-state index in [0.29, 0.717) is 36.4 Å². The minimum absolute atomic E-state index is 0. The first-order chi connectivity index (χ1) is 17.3. The standard InChI is InChI=1S/C22H24Br2N10O2.2ClH/c23-9-1-13(27-3-9)19(35)29-5-11-12(6-30-20(36)14-2-10(24)4-28-14)18(16-8-32-22(26)34-16)17(11)15-7-31-21(25)33-15;;/h1-4,7-8,11-12,17-18,27-28H,5-6H2,(H,29,35)(H,30,36)(H3,25,31,33)(H3,26,32,34);2*1H. The van der Waals surface area contributed by atoms with Crippen molar-refractivity contribution in [3.63, 3.8) is 0 Å². The van der Waals surface area contributed by atoms with Crippen LogP contribution in [0, 0.1) is 11.8 Å². The Kier molecular flexibility index (Phi) is 9.57. The lowest BCUT2D eigenvalue weighted by molar-refractivity contribution is 0.0674. The fourth-order valence-corrected chi connectivity index (χ4v) is 5.66. The molecule has 4 heterocycles. The Morgan fingerprint density at radius 2 is 1.18 bits per heavy atom. The number of hydrogen-bond donors (Lipinski definition) is 8. The van der Waals surface area contributed by atoms with Crippen molar-refractivity contribution in [1.82, 2.24) is 40.5 Å². The molecule has 4 atom stereocenters. The molecule has 1 aliphatic carbocycles. The molecule has 5 rings (SSSR count). The third-order valence-corrected chi connectivity index (χ3v) is 7.51. The Morgan fingerprint density at radius 3 is 1.47 bits per heavy atom. The van der Waals surface area contributed by atoms with Gasteiger partial charge in [-0.15, -0.1) is 24.8 Å². The predicted molar refractivity (Wildman–Crippen MR) is 155 cm³/mol. The number of hydrogen-bond acceptors (Lipinski definition) is 6. The first-order valence-electron chi connectivity index (χ1n) is 11.1. The van der Waals surface area contributed by atoms with E-state index in [2.05, 4.69) is 72.4 Å². The predicted octanol–water partition coefficient (Wildman–Crippen LogP) is 3.30. The van der Waals surface area contributed by atoms with E-state index in [-0.39, 0.29) is 60.3 Å². The lowest BCUT2D eigenvalue weighted by atomic mass is 9.54. The van der Waals surface area contributed by atoms with Crippen LogP contribution in [0.3, 0.4) is 0 Å². The third-order valence-electron chi connectivity index (χ3n) is 6.59. The van der Waals surface area contributed by atoms with Gasteiger partial charge in [0.15, 0.2) is 11.9 Å². The summed E-state index contributed by atoms with van der Waals surface area (Å²) in [4.78, 5) is 46.0. The molecule has 10 N–H and O–H groups in total. The minimum atomic E-state index is -0.225. The number of anilines is 2. The molecule has 4 aromatic heterocycles. The molecular formula is C22H26Br2Cl2N10O2. The topological polar surface area (TPSA) is 199 Å². The molecule has 4 aromatic rings. The van der Waals surface area contributed by atoms with Crippen LogP contribution in [0.5, 0.6) is 0 Å². The summed E-state index contributed by atoms with van der Waals surface area (Å²) in [5, 5.41) is 6.04. The zero-order valence-electron chi connectivity index (χ0n) is 19.6. The molecule has 0 radical (unpaired) electrons. The van der Waals surface area contributed by atoms with Gasteiger partial charge < -0.3 is 42.0 Å². The SMILES string of the molecule is Cl.Cl.Nc1ncc(C2C(CNC(=O)c3cc(Br)c[nH]3)C(CNC(=O)c3cc(Br)c[nH]3)C2c2cnc(N)[nH]2)[nH]1. The molecule has 0 saturated heterocycles. The molecule has 0 aliphatic heterocycles. The number of nitrogens with one attached hydrogen (secondary N) is 6. The average Bonchev–Trinajstić information content (AvgIpc) is 3.63. The number of halogens is 4. The largest absolute Gasteiger partial charge is 0.369 e. The molecule has 204 valence electrons. The number of carbonyl (C=O) groups is 2. The van der Waals surface area contributed by atoms with Crippen LogP contribution < -0.4 is 22.1 Å². The molecule has 0 bridgehead atoms. The summed E-state index contributed by atoms with van der Waals surface area (Å²) in [7, 11) is 0. The third kappa shape index (κ3) is 6.03. The highest BCUT2D eigenvalue weighted by Crippen LogP contribution is 2.56. The van der Waals surface area contributed by atoms with Gasteiger partial charge in [0.05, 0.1) is 12.4 Å². The van der Waals surface area contributed by atoms with Crippen LogP contribution in [0.2, 0.25) is 0 Å². The number of nitrogen functional groups attached to an aromatic ring is 2. The van der Waals surface area contributed by atoms with Gasteiger partial charge in [-0.3, -0.25) is 9.59 Å². The lowest BCUT2D eigenvalue weighted by Gasteiger charge is -2.51. The van der Waals surface area contributed by atoms with Crippen LogP contribution in [0.1, 0.15) is 44.2 Å². The van der Waals surface area contributed by atoms with E-state index in [0.717, 1.165) is 20.3 Å². The second-order valence-electron chi connectivity index (χ2n) is 8.71. The fraction of sp³-hybridized carbons (Fsp3) is 0.273. The van der Waals surface area contributed by atoms with E-state index in [1.165, 1.54) is 0 Å². The van der Waals surface area contributed by atoms with Crippen molar-refractivity contribution >= 4 is 80.4 Å². The van der Waals surface area contributed by atoms with Gasteiger partial charge in [0.25, 0.3) is 11.8 Å². The molecule has 12 nitrogen and oxygen atoms in total. The van der Waals surface area contributed by atoms with Gasteiger partial charge in [-0.25, -0.2) is 9.97 Å². The van der Waals surface area contributed by atoms with Crippen LogP contribution in [0.25, 0.3) is 0 Å². The first kappa shape index (κ1) is 29.6. The molecule has 0 aromatic carbocycles. The Labute approximate surface area is 246 Å². The van der Waals surface area contributed by atoms with Crippen molar-refractivity contribution in [2.45, 2.75) is 11.8 Å². The highest BCUT2D eigenvalue weighted by atomic mass is 79.9. The zero-order valence-corrected chi connectivity index (χ0v) is 24.4. The van der Waals surface area contributed by atoms with Gasteiger partial charge in [-0.1, -0.05) is 0 Å². The summed E-state index contributed by atoms with van der Waals surface area (Å²) >= 11 is 6.70. The van der Waals surface area contributed by atoms with Crippen molar-refractivity contribution in [2.24, 2.45) is 11.8 Å². The summed E-state index contributed by atoms with van der Waals surface area (Å²) in [6.45, 7) is 0.738. The van der Waals surface area contributed by atoms with E-state index < -0.39 is 0 Å². The summed E-state index contributed by atoms with van der Waals surface area (Å²) in [5.41, 5.74) is 14.3. The molecule has 1 aliphatic rings. The van der Waals surface area contributed by atoms with Crippen LogP contribution in [-0.4, -0.2) is 54.8 Å². The van der Waals surface area contributed by atoms with Gasteiger partial charge >= 0.3 is 0 Å². The monoisotopic (exact) mass is 690 g/mol. The van der Waals surface area contributed by atoms with Gasteiger partial charge in [-0.2, -0.15) is 0 Å². The number of nitrogens with zero attached hydrogens (tertiary/aromatic N) is 2. The minimum Gasteiger partial charge on any atom is -0.369 e. The number of amides is 2. The second kappa shape index (κ2) is 12.3. The van der Waals surface area contributed by atoms with E-state index in [4.69, 9.17) is 11.5 Å². The molecular weight excluding hydrogens is 667 g/mol. The van der Waals surface area contributed by atoms with Crippen molar-refractivity contribution in [2.75, 3.05) is 24.6 Å². The van der Waals surface area contributed by atoms with Gasteiger partial charge in [0.1, 0.15) is 11.4 Å². The van der Waals surface area contributed by atoms with Gasteiger partial charge in [0.2, 0.25) is 0 Å². The summed E-state index contributed by atoms with van der Waals surface area (Å²) in [6, 6.07) is 3.43. The summed E-state index contributed by atoms with van der Waals surface area (Å²) < 4.78 is 1.58. The van der Waals surface area contributed by atoms with Crippen LogP contribution >= 0.6 is 56.7 Å². The number of carbonyl (C=O) groups excluding carboxylic acids is 2. The highest BCUT2D eigenvalue weighted by Gasteiger charge is 2.53. The highest BCUT2D eigenvalue weighted by molar-refractivity contribution is 9.10. The van der Waals surface area contributed by atoms with Crippen LogP contribution in [-0.2, 0) is 0 Å². The Hall–Kier alpha value is -2.94. The van der Waals surface area contributed by atoms with E-state index in [1.807, 2.05) is 0 Å². The van der Waals surface area contributed by atoms with E-state index in [9.17, 15) is 9.59 Å². The summed E-state index contributed by atoms with van der Waals surface area (Å²) in [5.74, 6) is -0.0795. The first-order valence-corrected chi connectivity index (χ1v) is 12.7. The van der Waals surface area contributed by atoms with E-state index in [1.54, 1.807) is 36.9 Å². The smallest absolute Gasteiger partial charge is 0.267 e. The second-order valence-corrected chi connectivity index (χ2v) is 10.5. The fourth-order valence-electron chi connectivity index (χ4n) is 4.98. The maximum Gasteiger partial charge on any atom is 0.267 e. The number of aromatic amines is 4. The lowest BCUT2D eigenvalue weighted by Crippen LogP contribution is -2.53. The summed E-state index contributed by atoms with van der Waals surface area (Å²) in [6.07, 6.45) is 6.80. The number of nitrogens with two attached hydrogens (primary N) is 2. The Balaban J connectivity index is 0.00000200. The molecule has 1 fully saturated rings. The van der Waals surface area contributed by atoms with Crippen LogP contribution in [0.15, 0.2) is 45.9 Å². The normalized spacial score (nSPS) is 20.1. The molecule has 4 unspecified atom stereocenters. The van der Waals surface area contributed by atoms with Gasteiger partial charge in [-0.05, 0) is 55.8 Å². The van der Waals surface area contributed by atoms with Gasteiger partial charge in [0, 0.05) is 57.7 Å². The molecule has 38 heavy (non-hydrogen) atoms. The van der Waals surface area contributed by atoms with Crippen molar-refractivity contribution in [3.05, 3.63) is 68.6 Å². The Bertz CT molecular complexity index is 1300. The maximum absolute atomic E-state index is 12.8. The Morgan fingerprint density at radius 1 is 0.789 bits per heavy atom. The van der Waals surface area contributed by atoms with Crippen molar-refractivity contribution in [1.29, 1.82) is 0 Å². The number of aromatic nitrogens is 6. The quantitative estimate of drug-likeness (QED) is 0.139. The molecule has 2 amide bonds. The number of imidazole rings is 2. The number of rotatable bonds is 8. The zero-order chi connectivity index (χ0) is 25.4. The molecule has 16 heteroatoms. The number of H-pyrrole nitrogens is 4. The molecule has 0 spiro atoms. The van der Waals surface area contributed by atoms with E-state index >= 15 is 0 Å². The van der Waals surface area contributed by atoms with Crippen molar-refractivity contribution in [3.8, 4) is 0 Å². The average molecular weight is 693 g/mol.